The van der Waals surface area contributed by atoms with Crippen LogP contribution >= 0.6 is 0 Å². The Morgan fingerprint density at radius 1 is 0.833 bits per heavy atom. The Bertz CT molecular complexity index is 1160. The van der Waals surface area contributed by atoms with Gasteiger partial charge in [0.05, 0.1) is 11.5 Å². The summed E-state index contributed by atoms with van der Waals surface area (Å²) in [5.41, 5.74) is 5.21. The Morgan fingerprint density at radius 3 is 1.97 bits per heavy atom. The molecule has 4 heteroatoms. The summed E-state index contributed by atoms with van der Waals surface area (Å²) in [6, 6.07) is 24.2. The largest absolute Gasteiger partial charge is 0.511 e. The van der Waals surface area contributed by atoms with Gasteiger partial charge in [-0.2, -0.15) is 0 Å². The van der Waals surface area contributed by atoms with Crippen molar-refractivity contribution in [2.75, 3.05) is 0 Å². The zero-order valence-electron chi connectivity index (χ0n) is 23.1. The number of hydrogen-bond acceptors (Lipinski definition) is 2. The third-order valence-corrected chi connectivity index (χ3v) is 5.62. The molecular formula is C32H41IrNO2. The SMILES string of the molecule is CC(C)(C)C(=[OH+])/C=C(\O)C(C)(C)C.CC(C)(C)c1ccnc(-c2[c-]ccc(-c3ccccc3)c2)c1.[Ir]. The van der Waals surface area contributed by atoms with Crippen LogP contribution in [0, 0.1) is 16.9 Å². The predicted octanol–water partition coefficient (Wildman–Crippen LogP) is 8.58. The molecule has 195 valence electrons. The van der Waals surface area contributed by atoms with Crippen molar-refractivity contribution >= 4 is 5.78 Å². The quantitative estimate of drug-likeness (QED) is 0.132. The molecule has 3 rings (SSSR count). The minimum Gasteiger partial charge on any atom is -0.511 e. The van der Waals surface area contributed by atoms with Crippen LogP contribution in [0.3, 0.4) is 0 Å². The van der Waals surface area contributed by atoms with Gasteiger partial charge in [0.1, 0.15) is 5.76 Å². The molecule has 1 aromatic heterocycles. The second-order valence-corrected chi connectivity index (χ2v) is 12.0. The molecule has 3 nitrogen and oxygen atoms in total. The number of allylic oxidation sites excluding steroid dienone is 2. The van der Waals surface area contributed by atoms with Gasteiger partial charge in [-0.15, -0.1) is 35.4 Å². The Kier molecular flexibility index (Phi) is 11.0. The van der Waals surface area contributed by atoms with Crippen molar-refractivity contribution in [2.45, 2.75) is 67.7 Å². The van der Waals surface area contributed by atoms with Crippen LogP contribution in [0.5, 0.6) is 0 Å². The molecule has 2 N–H and O–H groups in total. The number of hydrogen-bond donors (Lipinski definition) is 1. The van der Waals surface area contributed by atoms with E-state index in [2.05, 4.69) is 80.4 Å². The Hall–Kier alpha value is -2.55. The van der Waals surface area contributed by atoms with Crippen LogP contribution in [-0.2, 0) is 25.5 Å². The molecule has 0 saturated heterocycles. The smallest absolute Gasteiger partial charge is 0.325 e. The Labute approximate surface area is 231 Å². The first-order valence-corrected chi connectivity index (χ1v) is 12.1. The van der Waals surface area contributed by atoms with Crippen molar-refractivity contribution in [1.29, 1.82) is 0 Å². The fourth-order valence-electron chi connectivity index (χ4n) is 3.03. The van der Waals surface area contributed by atoms with Crippen LogP contribution in [0.15, 0.2) is 78.7 Å². The standard InChI is InChI=1S/C21H20N.C11H20O2.Ir/c1-21(2,3)19-12-13-22-20(15-19)18-11-7-10-17(14-18)16-8-5-4-6-9-16;1-10(2,3)8(12)7-9(13)11(4,5)6;/h4-10,12-15H,1-3H3;7,12H,1-6H3;/q-1;;/p+1/b;8-7-;. The monoisotopic (exact) mass is 664 g/mol. The molecule has 0 aliphatic carbocycles. The van der Waals surface area contributed by atoms with Gasteiger partial charge < -0.3 is 10.1 Å². The number of nitrogens with zero attached hydrogens (tertiary/aromatic N) is 1. The maximum atomic E-state index is 9.60. The van der Waals surface area contributed by atoms with Crippen molar-refractivity contribution in [2.24, 2.45) is 10.8 Å². The number of pyridine rings is 1. The molecule has 2 aromatic carbocycles. The van der Waals surface area contributed by atoms with Gasteiger partial charge in [0.25, 0.3) is 0 Å². The van der Waals surface area contributed by atoms with Gasteiger partial charge in [-0.3, -0.25) is 4.79 Å². The molecule has 0 saturated carbocycles. The van der Waals surface area contributed by atoms with Gasteiger partial charge in [0.2, 0.25) is 0 Å². The van der Waals surface area contributed by atoms with E-state index in [-0.39, 0.29) is 47.9 Å². The maximum absolute atomic E-state index is 9.60. The first-order valence-electron chi connectivity index (χ1n) is 12.1. The summed E-state index contributed by atoms with van der Waals surface area (Å²) >= 11 is 0. The summed E-state index contributed by atoms with van der Waals surface area (Å²) < 4.78 is 0. The summed E-state index contributed by atoms with van der Waals surface area (Å²) in [5, 5.41) is 9.60. The molecule has 1 heterocycles. The van der Waals surface area contributed by atoms with Crippen LogP contribution in [-0.4, -0.2) is 20.7 Å². The molecule has 0 aliphatic rings. The summed E-state index contributed by atoms with van der Waals surface area (Å²) in [5.74, 6) is 0.417. The summed E-state index contributed by atoms with van der Waals surface area (Å²) in [4.78, 5) is 14.1. The van der Waals surface area contributed by atoms with Crippen molar-refractivity contribution in [3.8, 4) is 22.4 Å². The van der Waals surface area contributed by atoms with Gasteiger partial charge in [0.15, 0.2) is 0 Å². The van der Waals surface area contributed by atoms with Crippen molar-refractivity contribution in [1.82, 2.24) is 4.98 Å². The van der Waals surface area contributed by atoms with E-state index < -0.39 is 0 Å². The van der Waals surface area contributed by atoms with Crippen molar-refractivity contribution in [3.63, 3.8) is 0 Å². The third-order valence-electron chi connectivity index (χ3n) is 5.62. The summed E-state index contributed by atoms with van der Waals surface area (Å²) in [6.07, 6.45) is 3.33. The van der Waals surface area contributed by atoms with Gasteiger partial charge in [0, 0.05) is 31.7 Å². The van der Waals surface area contributed by atoms with Crippen LogP contribution in [0.4, 0.5) is 0 Å². The van der Waals surface area contributed by atoms with E-state index in [0.717, 1.165) is 11.3 Å². The second-order valence-electron chi connectivity index (χ2n) is 12.0. The van der Waals surface area contributed by atoms with Crippen molar-refractivity contribution < 1.29 is 30.0 Å². The minimum atomic E-state index is -0.306. The molecule has 0 atom stereocenters. The van der Waals surface area contributed by atoms with Crippen LogP contribution in [0.25, 0.3) is 22.4 Å². The van der Waals surface area contributed by atoms with Gasteiger partial charge in [-0.05, 0) is 49.1 Å². The number of rotatable bonds is 3. The molecule has 0 unspecified atom stereocenters. The van der Waals surface area contributed by atoms with E-state index in [9.17, 15) is 9.90 Å². The zero-order chi connectivity index (χ0) is 26.4. The zero-order valence-corrected chi connectivity index (χ0v) is 25.5. The van der Waals surface area contributed by atoms with E-state index in [1.54, 1.807) is 0 Å². The number of carbonyl (C=O) groups excluding carboxylic acids is 1. The van der Waals surface area contributed by atoms with E-state index >= 15 is 0 Å². The van der Waals surface area contributed by atoms with Gasteiger partial charge in [-0.1, -0.05) is 77.9 Å². The van der Waals surface area contributed by atoms with E-state index in [0.29, 0.717) is 0 Å². The fourth-order valence-corrected chi connectivity index (χ4v) is 3.03. The fraction of sp³-hybridized carbons (Fsp3) is 0.375. The summed E-state index contributed by atoms with van der Waals surface area (Å²) in [7, 11) is 0. The molecule has 0 aliphatic heterocycles. The number of benzene rings is 2. The molecule has 0 amide bonds. The number of ketones is 1. The molecule has 0 fully saturated rings. The number of aliphatic hydroxyl groups excluding tert-OH is 1. The van der Waals surface area contributed by atoms with Gasteiger partial charge in [-0.25, -0.2) is 0 Å². The van der Waals surface area contributed by atoms with Gasteiger partial charge >= 0.3 is 5.78 Å². The van der Waals surface area contributed by atoms with Crippen LogP contribution in [0.1, 0.15) is 67.9 Å². The average Bonchev–Trinajstić information content (AvgIpc) is 2.78. The normalized spacial score (nSPS) is 12.2. The minimum absolute atomic E-state index is 0. The number of aromatic nitrogens is 1. The maximum Gasteiger partial charge on any atom is 0.325 e. The molecule has 0 bridgehead atoms. The first kappa shape index (κ1) is 31.5. The first-order chi connectivity index (χ1) is 16.1. The molecule has 36 heavy (non-hydrogen) atoms. The van der Waals surface area contributed by atoms with E-state index in [4.69, 9.17) is 0 Å². The molecular weight excluding hydrogens is 623 g/mol. The van der Waals surface area contributed by atoms with Crippen molar-refractivity contribution in [3.05, 3.63) is 90.3 Å². The predicted molar refractivity (Wildman–Crippen MR) is 149 cm³/mol. The van der Waals surface area contributed by atoms with E-state index in [1.807, 2.05) is 59.9 Å². The average molecular weight is 664 g/mol. The number of aliphatic hydroxyl groups is 1. The second kappa shape index (κ2) is 12.6. The third kappa shape index (κ3) is 9.48. The Morgan fingerprint density at radius 2 is 1.44 bits per heavy atom. The molecule has 0 spiro atoms. The summed E-state index contributed by atoms with van der Waals surface area (Å²) in [6.45, 7) is 18.0. The molecule has 1 radical (unpaired) electrons. The molecule has 3 aromatic rings. The Balaban J connectivity index is 0.000000402. The van der Waals surface area contributed by atoms with Crippen LogP contribution < -0.4 is 0 Å². The van der Waals surface area contributed by atoms with Crippen LogP contribution in [0.2, 0.25) is 0 Å². The topological polar surface area (TPSA) is 54.5 Å². The van der Waals surface area contributed by atoms with E-state index in [1.165, 1.54) is 22.8 Å².